The molecule has 102 valence electrons. The second kappa shape index (κ2) is 8.00. The van der Waals surface area contributed by atoms with Gasteiger partial charge in [0.15, 0.2) is 0 Å². The maximum absolute atomic E-state index is 11.7. The molecule has 1 N–H and O–H groups in total. The van der Waals surface area contributed by atoms with Crippen molar-refractivity contribution in [2.75, 3.05) is 26.8 Å². The number of hydrogen-bond acceptors (Lipinski definition) is 4. The van der Waals surface area contributed by atoms with E-state index in [4.69, 9.17) is 4.74 Å². The Balaban J connectivity index is 2.30. The fourth-order valence-electron chi connectivity index (χ4n) is 1.87. The minimum atomic E-state index is -0.139. The van der Waals surface area contributed by atoms with E-state index < -0.39 is 0 Å². The van der Waals surface area contributed by atoms with E-state index in [1.807, 2.05) is 19.9 Å². The van der Waals surface area contributed by atoms with Crippen LogP contribution >= 0.6 is 0 Å². The van der Waals surface area contributed by atoms with Crippen molar-refractivity contribution < 1.29 is 4.74 Å². The van der Waals surface area contributed by atoms with Gasteiger partial charge in [-0.1, -0.05) is 0 Å². The molecule has 0 spiro atoms. The molecule has 0 saturated heterocycles. The third-order valence-corrected chi connectivity index (χ3v) is 2.81. The van der Waals surface area contributed by atoms with E-state index in [0.29, 0.717) is 0 Å². The van der Waals surface area contributed by atoms with Crippen molar-refractivity contribution in [2.24, 2.45) is 0 Å². The lowest BCUT2D eigenvalue weighted by Crippen LogP contribution is -2.26. The van der Waals surface area contributed by atoms with Crippen LogP contribution < -0.4 is 11.0 Å². The third-order valence-electron chi connectivity index (χ3n) is 2.81. The second-order valence-electron chi connectivity index (χ2n) is 4.42. The van der Waals surface area contributed by atoms with Gasteiger partial charge in [-0.15, -0.1) is 0 Å². The Morgan fingerprint density at radius 1 is 1.33 bits per heavy atom. The molecule has 0 unspecified atom stereocenters. The molecule has 0 atom stereocenters. The summed E-state index contributed by atoms with van der Waals surface area (Å²) in [4.78, 5) is 15.6. The number of unbranched alkanes of at least 4 members (excludes halogenated alkanes) is 1. The van der Waals surface area contributed by atoms with E-state index in [0.717, 1.165) is 50.5 Å². The molecular weight excluding hydrogens is 230 g/mol. The van der Waals surface area contributed by atoms with Gasteiger partial charge in [-0.05, 0) is 39.3 Å². The lowest BCUT2D eigenvalue weighted by Gasteiger charge is -2.09. The Labute approximate surface area is 108 Å². The van der Waals surface area contributed by atoms with Gasteiger partial charge in [0.2, 0.25) is 0 Å². The van der Waals surface area contributed by atoms with E-state index in [1.54, 1.807) is 11.7 Å². The zero-order valence-corrected chi connectivity index (χ0v) is 11.5. The van der Waals surface area contributed by atoms with Crippen LogP contribution in [0.15, 0.2) is 10.9 Å². The van der Waals surface area contributed by atoms with E-state index in [-0.39, 0.29) is 5.69 Å². The molecule has 1 aromatic heterocycles. The van der Waals surface area contributed by atoms with Crippen molar-refractivity contribution in [1.82, 2.24) is 14.9 Å². The molecule has 5 nitrogen and oxygen atoms in total. The number of methoxy groups -OCH3 is 1. The quantitative estimate of drug-likeness (QED) is 0.699. The zero-order chi connectivity index (χ0) is 13.4. The number of rotatable bonds is 8. The Kier molecular flexibility index (Phi) is 6.60. The average Bonchev–Trinajstić information content (AvgIpc) is 2.30. The molecule has 1 rings (SSSR count). The van der Waals surface area contributed by atoms with E-state index in [2.05, 4.69) is 10.3 Å². The van der Waals surface area contributed by atoms with Gasteiger partial charge in [0.05, 0.1) is 6.61 Å². The van der Waals surface area contributed by atoms with Crippen LogP contribution in [-0.4, -0.2) is 36.4 Å². The SMILES string of the molecule is COCCNCCCCn1c(C)cc(C)nc1=O. The number of aromatic nitrogens is 2. The first-order valence-corrected chi connectivity index (χ1v) is 6.40. The molecule has 0 aliphatic rings. The van der Waals surface area contributed by atoms with E-state index in [1.165, 1.54) is 0 Å². The zero-order valence-electron chi connectivity index (χ0n) is 11.5. The lowest BCUT2D eigenvalue weighted by atomic mass is 10.3. The van der Waals surface area contributed by atoms with Gasteiger partial charge in [0.1, 0.15) is 0 Å². The third kappa shape index (κ3) is 4.98. The first-order chi connectivity index (χ1) is 8.65. The first kappa shape index (κ1) is 14.9. The summed E-state index contributed by atoms with van der Waals surface area (Å²) in [7, 11) is 1.70. The fraction of sp³-hybridized carbons (Fsp3) is 0.692. The molecule has 18 heavy (non-hydrogen) atoms. The highest BCUT2D eigenvalue weighted by Gasteiger charge is 2.02. The second-order valence-corrected chi connectivity index (χ2v) is 4.42. The van der Waals surface area contributed by atoms with Crippen LogP contribution in [0.5, 0.6) is 0 Å². The Hall–Kier alpha value is -1.20. The summed E-state index contributed by atoms with van der Waals surface area (Å²) in [5.74, 6) is 0. The number of aryl methyl sites for hydroxylation is 2. The summed E-state index contributed by atoms with van der Waals surface area (Å²) in [6.45, 7) is 7.10. The molecular formula is C13H23N3O2. The molecule has 0 fully saturated rings. The topological polar surface area (TPSA) is 56.1 Å². The van der Waals surface area contributed by atoms with Crippen LogP contribution in [0, 0.1) is 13.8 Å². The molecule has 0 aromatic carbocycles. The summed E-state index contributed by atoms with van der Waals surface area (Å²) >= 11 is 0. The summed E-state index contributed by atoms with van der Waals surface area (Å²) in [6, 6.07) is 1.94. The molecule has 1 heterocycles. The van der Waals surface area contributed by atoms with Crippen LogP contribution in [0.4, 0.5) is 0 Å². The maximum atomic E-state index is 11.7. The van der Waals surface area contributed by atoms with Crippen LogP contribution in [0.1, 0.15) is 24.2 Å². The molecule has 0 amide bonds. The highest BCUT2D eigenvalue weighted by molar-refractivity contribution is 5.06. The molecule has 0 radical (unpaired) electrons. The molecule has 0 aliphatic carbocycles. The summed E-state index contributed by atoms with van der Waals surface area (Å²) in [5.41, 5.74) is 1.63. The standard InChI is InChI=1S/C13H23N3O2/c1-11-10-12(2)16(13(17)15-11)8-5-4-6-14-7-9-18-3/h10,14H,4-9H2,1-3H3. The summed E-state index contributed by atoms with van der Waals surface area (Å²) in [6.07, 6.45) is 2.02. The predicted octanol–water partition coefficient (Wildman–Crippen LogP) is 0.876. The fourth-order valence-corrected chi connectivity index (χ4v) is 1.87. The Bertz CT molecular complexity index is 415. The monoisotopic (exact) mass is 253 g/mol. The van der Waals surface area contributed by atoms with Gasteiger partial charge < -0.3 is 10.1 Å². The smallest absolute Gasteiger partial charge is 0.347 e. The predicted molar refractivity (Wildman–Crippen MR) is 72.0 cm³/mol. The Morgan fingerprint density at radius 3 is 2.78 bits per heavy atom. The van der Waals surface area contributed by atoms with Crippen molar-refractivity contribution in [3.63, 3.8) is 0 Å². The molecule has 0 aliphatic heterocycles. The maximum Gasteiger partial charge on any atom is 0.347 e. The molecule has 1 aromatic rings. The number of nitrogens with zero attached hydrogens (tertiary/aromatic N) is 2. The van der Waals surface area contributed by atoms with E-state index in [9.17, 15) is 4.79 Å². The first-order valence-electron chi connectivity index (χ1n) is 6.40. The number of nitrogens with one attached hydrogen (secondary N) is 1. The molecule has 0 saturated carbocycles. The van der Waals surface area contributed by atoms with Gasteiger partial charge in [-0.25, -0.2) is 4.79 Å². The van der Waals surface area contributed by atoms with Crippen LogP contribution in [0.2, 0.25) is 0 Å². The van der Waals surface area contributed by atoms with Crippen molar-refractivity contribution in [3.8, 4) is 0 Å². The van der Waals surface area contributed by atoms with Gasteiger partial charge in [-0.2, -0.15) is 4.98 Å². The minimum absolute atomic E-state index is 0.139. The van der Waals surface area contributed by atoms with Crippen molar-refractivity contribution in [1.29, 1.82) is 0 Å². The highest BCUT2D eigenvalue weighted by atomic mass is 16.5. The molecule has 0 bridgehead atoms. The summed E-state index contributed by atoms with van der Waals surface area (Å²) in [5, 5.41) is 3.28. The highest BCUT2D eigenvalue weighted by Crippen LogP contribution is 1.99. The van der Waals surface area contributed by atoms with Crippen molar-refractivity contribution in [3.05, 3.63) is 27.9 Å². The van der Waals surface area contributed by atoms with Crippen molar-refractivity contribution >= 4 is 0 Å². The van der Waals surface area contributed by atoms with Crippen LogP contribution in [0.25, 0.3) is 0 Å². The molecule has 5 heteroatoms. The number of hydrogen-bond donors (Lipinski definition) is 1. The van der Waals surface area contributed by atoms with Crippen LogP contribution in [0.3, 0.4) is 0 Å². The van der Waals surface area contributed by atoms with Crippen molar-refractivity contribution in [2.45, 2.75) is 33.2 Å². The van der Waals surface area contributed by atoms with Gasteiger partial charge in [0, 0.05) is 31.6 Å². The lowest BCUT2D eigenvalue weighted by molar-refractivity contribution is 0.199. The normalized spacial score (nSPS) is 10.8. The number of ether oxygens (including phenoxy) is 1. The largest absolute Gasteiger partial charge is 0.383 e. The Morgan fingerprint density at radius 2 is 2.11 bits per heavy atom. The van der Waals surface area contributed by atoms with Gasteiger partial charge >= 0.3 is 5.69 Å². The van der Waals surface area contributed by atoms with Gasteiger partial charge in [0.25, 0.3) is 0 Å². The minimum Gasteiger partial charge on any atom is -0.383 e. The van der Waals surface area contributed by atoms with Crippen LogP contribution in [-0.2, 0) is 11.3 Å². The van der Waals surface area contributed by atoms with Gasteiger partial charge in [-0.3, -0.25) is 4.57 Å². The van der Waals surface area contributed by atoms with E-state index >= 15 is 0 Å². The average molecular weight is 253 g/mol. The summed E-state index contributed by atoms with van der Waals surface area (Å²) < 4.78 is 6.68.